The molecule has 2 aromatic carbocycles. The number of hydrogen-bond donors (Lipinski definition) is 1. The molecule has 0 amide bonds. The Labute approximate surface area is 157 Å². The molecule has 0 aliphatic carbocycles. The lowest BCUT2D eigenvalue weighted by Crippen LogP contribution is -2.11. The van der Waals surface area contributed by atoms with E-state index < -0.39 is 15.8 Å². The average Bonchev–Trinajstić information content (AvgIpc) is 3.04. The fourth-order valence-corrected chi connectivity index (χ4v) is 4.38. The van der Waals surface area contributed by atoms with Gasteiger partial charge in [-0.2, -0.15) is 5.10 Å². The number of carbonyl (C=O) groups is 1. The smallest absolute Gasteiger partial charge is 0.336 e. The summed E-state index contributed by atoms with van der Waals surface area (Å²) >= 11 is 0. The van der Waals surface area contributed by atoms with Crippen LogP contribution >= 0.6 is 0 Å². The number of rotatable bonds is 5. The van der Waals surface area contributed by atoms with Crippen LogP contribution in [-0.2, 0) is 22.6 Å². The number of hydrogen-bond acceptors (Lipinski definition) is 4. The lowest BCUT2D eigenvalue weighted by Gasteiger charge is -2.14. The zero-order valence-electron chi connectivity index (χ0n) is 14.5. The van der Waals surface area contributed by atoms with E-state index in [1.54, 1.807) is 49.6 Å². The van der Waals surface area contributed by atoms with Crippen molar-refractivity contribution in [3.05, 3.63) is 71.5 Å². The first-order valence-electron chi connectivity index (χ1n) is 7.97. The van der Waals surface area contributed by atoms with Crippen molar-refractivity contribution in [2.75, 3.05) is 0 Å². The van der Waals surface area contributed by atoms with Gasteiger partial charge >= 0.3 is 5.97 Å². The third kappa shape index (κ3) is 3.61. The number of aromatic nitrogens is 2. The Morgan fingerprint density at radius 2 is 1.89 bits per heavy atom. The van der Waals surface area contributed by atoms with Gasteiger partial charge in [0.15, 0.2) is 9.84 Å². The molecule has 0 unspecified atom stereocenters. The van der Waals surface area contributed by atoms with Gasteiger partial charge in [-0.05, 0) is 23.8 Å². The molecule has 0 fully saturated rings. The van der Waals surface area contributed by atoms with Crippen molar-refractivity contribution in [1.29, 1.82) is 0 Å². The Morgan fingerprint density at radius 3 is 2.44 bits per heavy atom. The van der Waals surface area contributed by atoms with Gasteiger partial charge in [0.1, 0.15) is 0 Å². The van der Waals surface area contributed by atoms with Crippen molar-refractivity contribution in [3.8, 4) is 23.5 Å². The van der Waals surface area contributed by atoms with Gasteiger partial charge in [-0.1, -0.05) is 36.3 Å². The number of terminal acetylenes is 1. The van der Waals surface area contributed by atoms with Gasteiger partial charge in [0.2, 0.25) is 0 Å². The van der Waals surface area contributed by atoms with Crippen LogP contribution in [0.25, 0.3) is 11.1 Å². The van der Waals surface area contributed by atoms with Gasteiger partial charge < -0.3 is 5.11 Å². The second kappa shape index (κ2) is 7.09. The summed E-state index contributed by atoms with van der Waals surface area (Å²) in [4.78, 5) is 11.5. The van der Waals surface area contributed by atoms with Crippen molar-refractivity contribution < 1.29 is 18.3 Å². The maximum Gasteiger partial charge on any atom is 0.336 e. The molecule has 3 aromatic rings. The summed E-state index contributed by atoms with van der Waals surface area (Å²) in [6.45, 7) is 0. The number of aromatic carboxylic acids is 1. The highest BCUT2D eigenvalue weighted by Crippen LogP contribution is 2.34. The molecule has 1 aromatic heterocycles. The Hall–Kier alpha value is -3.37. The van der Waals surface area contributed by atoms with Crippen molar-refractivity contribution in [3.63, 3.8) is 0 Å². The Bertz CT molecular complexity index is 1160. The number of aryl methyl sites for hydroxylation is 1. The highest BCUT2D eigenvalue weighted by Gasteiger charge is 2.26. The summed E-state index contributed by atoms with van der Waals surface area (Å²) in [5.74, 6) is 0.830. The van der Waals surface area contributed by atoms with Crippen molar-refractivity contribution in [2.24, 2.45) is 7.05 Å². The van der Waals surface area contributed by atoms with Crippen LogP contribution in [0.4, 0.5) is 0 Å². The molecule has 0 spiro atoms. The van der Waals surface area contributed by atoms with E-state index in [1.807, 2.05) is 0 Å². The SMILES string of the molecule is C#Cc1c(C(=O)O)ccc(S(=O)(=O)Cc2ccn(C)n2)c1-c1ccccc1. The zero-order chi connectivity index (χ0) is 19.6. The Kier molecular flexibility index (Phi) is 4.84. The molecule has 7 heteroatoms. The third-order valence-corrected chi connectivity index (χ3v) is 5.73. The topological polar surface area (TPSA) is 89.3 Å². The molecule has 0 atom stereocenters. The summed E-state index contributed by atoms with van der Waals surface area (Å²) in [7, 11) is -2.12. The van der Waals surface area contributed by atoms with Crippen molar-refractivity contribution >= 4 is 15.8 Å². The van der Waals surface area contributed by atoms with E-state index in [9.17, 15) is 18.3 Å². The first-order valence-corrected chi connectivity index (χ1v) is 9.62. The summed E-state index contributed by atoms with van der Waals surface area (Å²) < 4.78 is 27.7. The number of sulfone groups is 1. The Morgan fingerprint density at radius 1 is 1.19 bits per heavy atom. The van der Waals surface area contributed by atoms with Crippen LogP contribution in [0.5, 0.6) is 0 Å². The highest BCUT2D eigenvalue weighted by atomic mass is 32.2. The number of carboxylic acids is 1. The van der Waals surface area contributed by atoms with E-state index in [4.69, 9.17) is 6.42 Å². The van der Waals surface area contributed by atoms with Crippen molar-refractivity contribution in [2.45, 2.75) is 10.6 Å². The first-order chi connectivity index (χ1) is 12.8. The van der Waals surface area contributed by atoms with Gasteiger partial charge in [0.05, 0.1) is 21.9 Å². The maximum atomic E-state index is 13.1. The number of carboxylic acid groups (broad SMARTS) is 1. The fourth-order valence-electron chi connectivity index (χ4n) is 2.87. The normalized spacial score (nSPS) is 11.1. The molecule has 0 saturated heterocycles. The van der Waals surface area contributed by atoms with E-state index in [-0.39, 0.29) is 27.3 Å². The lowest BCUT2D eigenvalue weighted by molar-refractivity contribution is 0.0696. The summed E-state index contributed by atoms with van der Waals surface area (Å²) in [5, 5.41) is 13.6. The predicted octanol–water partition coefficient (Wildman–Crippen LogP) is 2.74. The van der Waals surface area contributed by atoms with Crippen LogP contribution in [0.1, 0.15) is 21.6 Å². The molecule has 0 radical (unpaired) electrons. The molecule has 1 heterocycles. The first kappa shape index (κ1) is 18.4. The van der Waals surface area contributed by atoms with E-state index in [0.29, 0.717) is 11.3 Å². The Balaban J connectivity index is 2.27. The molecule has 136 valence electrons. The highest BCUT2D eigenvalue weighted by molar-refractivity contribution is 7.90. The molecular weight excluding hydrogens is 364 g/mol. The van der Waals surface area contributed by atoms with Crippen LogP contribution in [0.3, 0.4) is 0 Å². The molecule has 0 bridgehead atoms. The molecule has 0 aliphatic heterocycles. The molecule has 27 heavy (non-hydrogen) atoms. The summed E-state index contributed by atoms with van der Waals surface area (Å²) in [6, 6.07) is 12.8. The molecule has 3 rings (SSSR count). The van der Waals surface area contributed by atoms with Gasteiger partial charge in [-0.15, -0.1) is 6.42 Å². The average molecular weight is 380 g/mol. The van der Waals surface area contributed by atoms with Gasteiger partial charge in [0.25, 0.3) is 0 Å². The summed E-state index contributed by atoms with van der Waals surface area (Å²) in [5.41, 5.74) is 1.06. The molecular formula is C20H16N2O4S. The van der Waals surface area contributed by atoms with E-state index in [1.165, 1.54) is 16.8 Å². The molecule has 1 N–H and O–H groups in total. The van der Waals surface area contributed by atoms with Crippen LogP contribution < -0.4 is 0 Å². The van der Waals surface area contributed by atoms with E-state index in [0.717, 1.165) is 0 Å². The fraction of sp³-hybridized carbons (Fsp3) is 0.100. The van der Waals surface area contributed by atoms with E-state index >= 15 is 0 Å². The van der Waals surface area contributed by atoms with Crippen LogP contribution in [0.15, 0.2) is 59.6 Å². The van der Waals surface area contributed by atoms with Crippen LogP contribution in [0, 0.1) is 12.3 Å². The monoisotopic (exact) mass is 380 g/mol. The maximum absolute atomic E-state index is 13.1. The minimum Gasteiger partial charge on any atom is -0.478 e. The third-order valence-electron chi connectivity index (χ3n) is 4.05. The standard InChI is InChI=1S/C20H16N2O4S/c1-3-16-17(20(23)24)9-10-18(19(16)14-7-5-4-6-8-14)27(25,26)13-15-11-12-22(2)21-15/h1,4-12H,13H2,2H3,(H,23,24). The molecule has 6 nitrogen and oxygen atoms in total. The second-order valence-electron chi connectivity index (χ2n) is 5.92. The van der Waals surface area contributed by atoms with Crippen LogP contribution in [0.2, 0.25) is 0 Å². The molecule has 0 saturated carbocycles. The number of benzene rings is 2. The largest absolute Gasteiger partial charge is 0.478 e. The van der Waals surface area contributed by atoms with Gasteiger partial charge in [0, 0.05) is 24.4 Å². The van der Waals surface area contributed by atoms with Crippen molar-refractivity contribution in [1.82, 2.24) is 9.78 Å². The van der Waals surface area contributed by atoms with E-state index in [2.05, 4.69) is 11.0 Å². The lowest BCUT2D eigenvalue weighted by atomic mass is 9.95. The number of nitrogens with zero attached hydrogens (tertiary/aromatic N) is 2. The van der Waals surface area contributed by atoms with Crippen LogP contribution in [-0.4, -0.2) is 29.3 Å². The quantitative estimate of drug-likeness (QED) is 0.688. The predicted molar refractivity (Wildman–Crippen MR) is 101 cm³/mol. The van der Waals surface area contributed by atoms with Gasteiger partial charge in [-0.25, -0.2) is 13.2 Å². The zero-order valence-corrected chi connectivity index (χ0v) is 15.3. The van der Waals surface area contributed by atoms with Gasteiger partial charge in [-0.3, -0.25) is 4.68 Å². The second-order valence-corrected chi connectivity index (χ2v) is 7.87. The minimum atomic E-state index is -3.82. The minimum absolute atomic E-state index is 0.0164. The molecule has 0 aliphatic rings. The summed E-state index contributed by atoms with van der Waals surface area (Å²) in [6.07, 6.45) is 7.23.